The molecule has 0 unspecified atom stereocenters. The molecule has 0 fully saturated rings. The van der Waals surface area contributed by atoms with E-state index >= 15 is 0 Å². The topological polar surface area (TPSA) is 154 Å². The molecule has 2 aromatic carbocycles. The Morgan fingerprint density at radius 3 is 2.28 bits per heavy atom. The zero-order valence-electron chi connectivity index (χ0n) is 24.5. The van der Waals surface area contributed by atoms with Crippen LogP contribution in [-0.4, -0.2) is 49.7 Å². The lowest BCUT2D eigenvalue weighted by molar-refractivity contribution is 0.245. The van der Waals surface area contributed by atoms with E-state index in [0.717, 1.165) is 5.56 Å². The van der Waals surface area contributed by atoms with E-state index in [1.807, 2.05) is 20.8 Å². The van der Waals surface area contributed by atoms with Crippen molar-refractivity contribution in [2.75, 3.05) is 30.3 Å². The van der Waals surface area contributed by atoms with Crippen LogP contribution in [0.2, 0.25) is 0 Å². The first-order valence-electron chi connectivity index (χ1n) is 13.4. The average molecular weight is 607 g/mol. The standard InChI is InChI=1S/C30H34N6O6S/c1-20-33-27(36-43(38,39)22-15-13-21(14-16-22)30(2,3)4)26(42-24-11-7-6-10-23(24)40-5)28(34-20)41-19-18-32-29(37)35-25-12-8-9-17-31-25/h6-17H,18-19H2,1-5H3,(H,33,34,36)(H2,31,32,35,37). The number of aryl methyl sites for hydroxylation is 1. The minimum absolute atomic E-state index is 0.0190. The summed E-state index contributed by atoms with van der Waals surface area (Å²) >= 11 is 0. The van der Waals surface area contributed by atoms with Gasteiger partial charge < -0.3 is 19.5 Å². The maximum atomic E-state index is 13.4. The summed E-state index contributed by atoms with van der Waals surface area (Å²) < 4.78 is 46.8. The van der Waals surface area contributed by atoms with Crippen molar-refractivity contribution < 1.29 is 27.4 Å². The number of amides is 2. The van der Waals surface area contributed by atoms with Crippen molar-refractivity contribution >= 4 is 27.7 Å². The number of nitrogens with zero attached hydrogens (tertiary/aromatic N) is 3. The van der Waals surface area contributed by atoms with Gasteiger partial charge in [0.1, 0.15) is 18.2 Å². The number of aromatic nitrogens is 3. The molecule has 2 heterocycles. The minimum Gasteiger partial charge on any atom is -0.493 e. The number of carbonyl (C=O) groups excluding carboxylic acids is 1. The van der Waals surface area contributed by atoms with Gasteiger partial charge in [-0.3, -0.25) is 10.0 Å². The molecule has 43 heavy (non-hydrogen) atoms. The van der Waals surface area contributed by atoms with Crippen LogP contribution < -0.4 is 29.6 Å². The summed E-state index contributed by atoms with van der Waals surface area (Å²) in [6, 6.07) is 18.1. The third-order valence-corrected chi connectivity index (χ3v) is 7.38. The van der Waals surface area contributed by atoms with E-state index in [0.29, 0.717) is 11.6 Å². The summed E-state index contributed by atoms with van der Waals surface area (Å²) in [5.74, 6) is 1.05. The molecule has 0 aliphatic rings. The second-order valence-electron chi connectivity index (χ2n) is 10.3. The van der Waals surface area contributed by atoms with Crippen LogP contribution in [0.5, 0.6) is 23.1 Å². The first-order chi connectivity index (χ1) is 20.5. The van der Waals surface area contributed by atoms with Crippen molar-refractivity contribution in [2.45, 2.75) is 38.0 Å². The SMILES string of the molecule is COc1ccccc1Oc1c(NS(=O)(=O)c2ccc(C(C)(C)C)cc2)nc(C)nc1OCCNC(=O)Nc1ccccn1. The van der Waals surface area contributed by atoms with E-state index in [1.165, 1.54) is 19.2 Å². The Balaban J connectivity index is 1.59. The lowest BCUT2D eigenvalue weighted by atomic mass is 9.87. The van der Waals surface area contributed by atoms with Gasteiger partial charge in [0, 0.05) is 6.20 Å². The molecule has 12 nitrogen and oxygen atoms in total. The van der Waals surface area contributed by atoms with Crippen LogP contribution in [0.4, 0.5) is 16.4 Å². The number of anilines is 2. The molecular weight excluding hydrogens is 572 g/mol. The van der Waals surface area contributed by atoms with Gasteiger partial charge in [-0.25, -0.2) is 23.2 Å². The molecule has 3 N–H and O–H groups in total. The monoisotopic (exact) mass is 606 g/mol. The van der Waals surface area contributed by atoms with Crippen molar-refractivity contribution in [3.63, 3.8) is 0 Å². The predicted molar refractivity (Wildman–Crippen MR) is 163 cm³/mol. The van der Waals surface area contributed by atoms with E-state index in [2.05, 4.69) is 30.3 Å². The highest BCUT2D eigenvalue weighted by molar-refractivity contribution is 7.92. The van der Waals surface area contributed by atoms with Crippen LogP contribution in [0.1, 0.15) is 32.2 Å². The Labute approximate surface area is 250 Å². The number of pyridine rings is 1. The molecule has 13 heteroatoms. The van der Waals surface area contributed by atoms with Crippen molar-refractivity contribution in [3.8, 4) is 23.1 Å². The molecule has 2 aromatic heterocycles. The highest BCUT2D eigenvalue weighted by Gasteiger charge is 2.25. The number of hydrogen-bond acceptors (Lipinski definition) is 9. The van der Waals surface area contributed by atoms with E-state index in [-0.39, 0.29) is 52.5 Å². The fourth-order valence-electron chi connectivity index (χ4n) is 3.84. The van der Waals surface area contributed by atoms with Crippen molar-refractivity contribution in [1.29, 1.82) is 0 Å². The molecule has 0 atom stereocenters. The molecule has 0 saturated heterocycles. The van der Waals surface area contributed by atoms with Gasteiger partial charge in [-0.2, -0.15) is 4.98 Å². The smallest absolute Gasteiger partial charge is 0.320 e. The number of benzene rings is 2. The number of carbonyl (C=O) groups is 1. The molecule has 4 rings (SSSR count). The summed E-state index contributed by atoms with van der Waals surface area (Å²) in [6.07, 6.45) is 1.56. The van der Waals surface area contributed by atoms with Gasteiger partial charge in [-0.1, -0.05) is 51.1 Å². The first-order valence-corrected chi connectivity index (χ1v) is 14.9. The van der Waals surface area contributed by atoms with Gasteiger partial charge in [0.05, 0.1) is 18.6 Å². The van der Waals surface area contributed by atoms with Crippen LogP contribution in [0.15, 0.2) is 77.8 Å². The summed E-state index contributed by atoms with van der Waals surface area (Å²) in [5, 5.41) is 5.27. The second-order valence-corrected chi connectivity index (χ2v) is 12.0. The average Bonchev–Trinajstić information content (AvgIpc) is 2.97. The predicted octanol–water partition coefficient (Wildman–Crippen LogP) is 5.28. The van der Waals surface area contributed by atoms with Gasteiger partial charge in [0.2, 0.25) is 5.75 Å². The third-order valence-electron chi connectivity index (χ3n) is 6.02. The number of nitrogens with one attached hydrogen (secondary N) is 3. The highest BCUT2D eigenvalue weighted by Crippen LogP contribution is 2.40. The Hall–Kier alpha value is -4.91. The van der Waals surface area contributed by atoms with E-state index in [4.69, 9.17) is 14.2 Å². The molecular formula is C30H34N6O6S. The number of para-hydroxylation sites is 2. The normalized spacial score (nSPS) is 11.4. The van der Waals surface area contributed by atoms with Crippen LogP contribution >= 0.6 is 0 Å². The maximum Gasteiger partial charge on any atom is 0.320 e. The fraction of sp³-hybridized carbons (Fsp3) is 0.267. The Bertz CT molecular complexity index is 1660. The number of rotatable bonds is 11. The summed E-state index contributed by atoms with van der Waals surface area (Å²) in [5.41, 5.74) is 0.845. The molecule has 0 saturated carbocycles. The molecule has 2 amide bonds. The highest BCUT2D eigenvalue weighted by atomic mass is 32.2. The molecule has 0 aliphatic heterocycles. The Morgan fingerprint density at radius 2 is 1.63 bits per heavy atom. The summed E-state index contributed by atoms with van der Waals surface area (Å²) in [4.78, 5) is 25.0. The summed E-state index contributed by atoms with van der Waals surface area (Å²) in [6.45, 7) is 7.80. The van der Waals surface area contributed by atoms with Crippen LogP contribution in [0, 0.1) is 6.92 Å². The number of methoxy groups -OCH3 is 1. The number of ether oxygens (including phenoxy) is 3. The van der Waals surface area contributed by atoms with Crippen LogP contribution in [0.25, 0.3) is 0 Å². The first kappa shape index (κ1) is 31.0. The second kappa shape index (κ2) is 13.4. The molecule has 226 valence electrons. The zero-order chi connectivity index (χ0) is 31.0. The fourth-order valence-corrected chi connectivity index (χ4v) is 4.84. The van der Waals surface area contributed by atoms with E-state index in [1.54, 1.807) is 67.7 Å². The van der Waals surface area contributed by atoms with Gasteiger partial charge in [0.15, 0.2) is 17.3 Å². The van der Waals surface area contributed by atoms with Gasteiger partial charge in [-0.05, 0) is 54.3 Å². The van der Waals surface area contributed by atoms with Crippen molar-refractivity contribution in [3.05, 3.63) is 84.3 Å². The Kier molecular flexibility index (Phi) is 9.66. The quantitative estimate of drug-likeness (QED) is 0.194. The largest absolute Gasteiger partial charge is 0.493 e. The van der Waals surface area contributed by atoms with Gasteiger partial charge in [0.25, 0.3) is 15.9 Å². The number of hydrogen-bond donors (Lipinski definition) is 3. The maximum absolute atomic E-state index is 13.4. The van der Waals surface area contributed by atoms with E-state index < -0.39 is 16.1 Å². The molecule has 0 bridgehead atoms. The summed E-state index contributed by atoms with van der Waals surface area (Å²) in [7, 11) is -2.60. The lowest BCUT2D eigenvalue weighted by Gasteiger charge is -2.20. The molecule has 0 aliphatic carbocycles. The van der Waals surface area contributed by atoms with Crippen LogP contribution in [-0.2, 0) is 15.4 Å². The van der Waals surface area contributed by atoms with Crippen LogP contribution in [0.3, 0.4) is 0 Å². The lowest BCUT2D eigenvalue weighted by Crippen LogP contribution is -2.32. The number of sulfonamides is 1. The molecule has 4 aromatic rings. The minimum atomic E-state index is -4.08. The van der Waals surface area contributed by atoms with Gasteiger partial charge in [-0.15, -0.1) is 0 Å². The van der Waals surface area contributed by atoms with E-state index in [9.17, 15) is 13.2 Å². The molecule has 0 spiro atoms. The molecule has 0 radical (unpaired) electrons. The Morgan fingerprint density at radius 1 is 0.930 bits per heavy atom. The van der Waals surface area contributed by atoms with Crippen molar-refractivity contribution in [1.82, 2.24) is 20.3 Å². The van der Waals surface area contributed by atoms with Gasteiger partial charge >= 0.3 is 6.03 Å². The zero-order valence-corrected chi connectivity index (χ0v) is 25.4. The van der Waals surface area contributed by atoms with Crippen molar-refractivity contribution in [2.24, 2.45) is 0 Å². The number of urea groups is 1. The third kappa shape index (κ3) is 8.32.